The molecule has 26 heavy (non-hydrogen) atoms. The Kier molecular flexibility index (Phi) is 4.09. The van der Waals surface area contributed by atoms with Gasteiger partial charge >= 0.3 is 0 Å². The standard InChI is InChI=1S/C22H20N4/c1-15-11-12-26-20(13-15)23-21(18-10-9-16(2)17(3)14-18)22(26)25-24-19-7-5-4-6-8-19/h4-14H,1-3H3. The predicted molar refractivity (Wildman–Crippen MR) is 105 cm³/mol. The van der Waals surface area contributed by atoms with Gasteiger partial charge < -0.3 is 0 Å². The number of benzene rings is 2. The number of hydrogen-bond acceptors (Lipinski definition) is 3. The van der Waals surface area contributed by atoms with E-state index in [-0.39, 0.29) is 0 Å². The van der Waals surface area contributed by atoms with Crippen molar-refractivity contribution in [3.8, 4) is 11.3 Å². The molecule has 4 nitrogen and oxygen atoms in total. The summed E-state index contributed by atoms with van der Waals surface area (Å²) in [5.74, 6) is 0.743. The minimum Gasteiger partial charge on any atom is -0.283 e. The molecule has 128 valence electrons. The average Bonchev–Trinajstić information content (AvgIpc) is 3.00. The maximum atomic E-state index is 4.84. The zero-order chi connectivity index (χ0) is 18.1. The van der Waals surface area contributed by atoms with Gasteiger partial charge in [-0.15, -0.1) is 10.2 Å². The number of fused-ring (bicyclic) bond motifs is 1. The maximum Gasteiger partial charge on any atom is 0.187 e. The largest absolute Gasteiger partial charge is 0.283 e. The summed E-state index contributed by atoms with van der Waals surface area (Å²) >= 11 is 0. The van der Waals surface area contributed by atoms with E-state index in [9.17, 15) is 0 Å². The molecule has 0 spiro atoms. The SMILES string of the molecule is Cc1ccn2c(N=Nc3ccccc3)c(-c3ccc(C)c(C)c3)nc2c1. The molecule has 0 unspecified atom stereocenters. The number of aryl methyl sites for hydroxylation is 3. The van der Waals surface area contributed by atoms with Crippen molar-refractivity contribution in [2.24, 2.45) is 10.2 Å². The van der Waals surface area contributed by atoms with Gasteiger partial charge in [-0.2, -0.15) is 0 Å². The van der Waals surface area contributed by atoms with Gasteiger partial charge in [-0.1, -0.05) is 30.3 Å². The van der Waals surface area contributed by atoms with Crippen LogP contribution in [-0.4, -0.2) is 9.38 Å². The van der Waals surface area contributed by atoms with Gasteiger partial charge in [-0.3, -0.25) is 4.40 Å². The molecule has 2 heterocycles. The zero-order valence-electron chi connectivity index (χ0n) is 15.1. The molecule has 0 amide bonds. The molecule has 0 bridgehead atoms. The molecular weight excluding hydrogens is 320 g/mol. The fourth-order valence-corrected chi connectivity index (χ4v) is 2.91. The predicted octanol–water partition coefficient (Wildman–Crippen LogP) is 6.34. The average molecular weight is 340 g/mol. The lowest BCUT2D eigenvalue weighted by Gasteiger charge is -2.04. The Labute approximate surface area is 152 Å². The minimum atomic E-state index is 0.743. The summed E-state index contributed by atoms with van der Waals surface area (Å²) in [6.07, 6.45) is 2.00. The smallest absolute Gasteiger partial charge is 0.187 e. The molecule has 0 saturated heterocycles. The summed E-state index contributed by atoms with van der Waals surface area (Å²) in [4.78, 5) is 4.84. The molecule has 0 saturated carbocycles. The number of pyridine rings is 1. The van der Waals surface area contributed by atoms with Crippen LogP contribution in [0.1, 0.15) is 16.7 Å². The Morgan fingerprint density at radius 1 is 0.808 bits per heavy atom. The van der Waals surface area contributed by atoms with E-state index in [1.165, 1.54) is 16.7 Å². The fraction of sp³-hybridized carbons (Fsp3) is 0.136. The highest BCUT2D eigenvalue weighted by Gasteiger charge is 2.14. The van der Waals surface area contributed by atoms with E-state index in [0.29, 0.717) is 0 Å². The Bertz CT molecular complexity index is 1110. The zero-order valence-corrected chi connectivity index (χ0v) is 15.1. The van der Waals surface area contributed by atoms with E-state index in [2.05, 4.69) is 61.3 Å². The van der Waals surface area contributed by atoms with Crippen molar-refractivity contribution in [2.45, 2.75) is 20.8 Å². The number of nitrogens with zero attached hydrogens (tertiary/aromatic N) is 4. The van der Waals surface area contributed by atoms with Crippen molar-refractivity contribution in [1.29, 1.82) is 0 Å². The molecular formula is C22H20N4. The molecule has 0 aliphatic carbocycles. The Balaban J connectivity index is 1.91. The number of rotatable bonds is 3. The Morgan fingerprint density at radius 2 is 1.62 bits per heavy atom. The molecule has 0 fully saturated rings. The monoisotopic (exact) mass is 340 g/mol. The van der Waals surface area contributed by atoms with Gasteiger partial charge in [0.05, 0.1) is 5.69 Å². The van der Waals surface area contributed by atoms with Crippen LogP contribution < -0.4 is 0 Å². The summed E-state index contributed by atoms with van der Waals surface area (Å²) in [5.41, 5.74) is 7.26. The Hall–Kier alpha value is -3.27. The minimum absolute atomic E-state index is 0.743. The molecule has 2 aromatic carbocycles. The molecule has 0 atom stereocenters. The van der Waals surface area contributed by atoms with Crippen LogP contribution in [0.25, 0.3) is 16.9 Å². The topological polar surface area (TPSA) is 42.0 Å². The number of imidazole rings is 1. The third-order valence-corrected chi connectivity index (χ3v) is 4.55. The summed E-state index contributed by atoms with van der Waals surface area (Å²) in [7, 11) is 0. The van der Waals surface area contributed by atoms with Crippen molar-refractivity contribution in [2.75, 3.05) is 0 Å². The van der Waals surface area contributed by atoms with Gasteiger partial charge in [0.25, 0.3) is 0 Å². The lowest BCUT2D eigenvalue weighted by atomic mass is 10.0. The molecule has 0 aliphatic heterocycles. The molecule has 4 rings (SSSR count). The van der Waals surface area contributed by atoms with Crippen LogP contribution in [0.2, 0.25) is 0 Å². The second-order valence-electron chi connectivity index (χ2n) is 6.55. The first-order valence-electron chi connectivity index (χ1n) is 8.65. The highest BCUT2D eigenvalue weighted by molar-refractivity contribution is 5.75. The highest BCUT2D eigenvalue weighted by atomic mass is 15.2. The number of azo groups is 1. The Morgan fingerprint density at radius 3 is 2.38 bits per heavy atom. The van der Waals surface area contributed by atoms with E-state index >= 15 is 0 Å². The van der Waals surface area contributed by atoms with Crippen molar-refractivity contribution in [1.82, 2.24) is 9.38 Å². The lowest BCUT2D eigenvalue weighted by Crippen LogP contribution is -1.85. The van der Waals surface area contributed by atoms with Gasteiger partial charge in [0.2, 0.25) is 0 Å². The van der Waals surface area contributed by atoms with Crippen molar-refractivity contribution in [3.63, 3.8) is 0 Å². The van der Waals surface area contributed by atoms with Crippen LogP contribution >= 0.6 is 0 Å². The quantitative estimate of drug-likeness (QED) is 0.401. The van der Waals surface area contributed by atoms with E-state index in [0.717, 1.165) is 28.4 Å². The van der Waals surface area contributed by atoms with E-state index in [4.69, 9.17) is 4.98 Å². The molecule has 0 N–H and O–H groups in total. The van der Waals surface area contributed by atoms with Crippen LogP contribution in [0.4, 0.5) is 11.5 Å². The first kappa shape index (κ1) is 16.2. The van der Waals surface area contributed by atoms with Crippen LogP contribution in [0.3, 0.4) is 0 Å². The van der Waals surface area contributed by atoms with Crippen molar-refractivity contribution in [3.05, 3.63) is 83.6 Å². The van der Waals surface area contributed by atoms with Crippen LogP contribution in [0.15, 0.2) is 77.1 Å². The van der Waals surface area contributed by atoms with Gasteiger partial charge in [0, 0.05) is 11.8 Å². The molecule has 2 aromatic heterocycles. The summed E-state index contributed by atoms with van der Waals surface area (Å²) in [5, 5.41) is 8.96. The summed E-state index contributed by atoms with van der Waals surface area (Å²) < 4.78 is 1.99. The second kappa shape index (κ2) is 6.56. The van der Waals surface area contributed by atoms with Gasteiger partial charge in [0.1, 0.15) is 11.3 Å². The fourth-order valence-electron chi connectivity index (χ4n) is 2.91. The summed E-state index contributed by atoms with van der Waals surface area (Å²) in [6, 6.07) is 20.2. The lowest BCUT2D eigenvalue weighted by molar-refractivity contribution is 1.10. The number of aromatic nitrogens is 2. The first-order chi connectivity index (χ1) is 12.6. The van der Waals surface area contributed by atoms with Crippen molar-refractivity contribution < 1.29 is 0 Å². The third kappa shape index (κ3) is 3.02. The second-order valence-corrected chi connectivity index (χ2v) is 6.55. The van der Waals surface area contributed by atoms with E-state index < -0.39 is 0 Å². The maximum absolute atomic E-state index is 4.84. The van der Waals surface area contributed by atoms with Gasteiger partial charge in [-0.05, 0) is 67.8 Å². The molecule has 0 aliphatic rings. The molecule has 4 aromatic rings. The third-order valence-electron chi connectivity index (χ3n) is 4.55. The van der Waals surface area contributed by atoms with Crippen molar-refractivity contribution >= 4 is 17.2 Å². The van der Waals surface area contributed by atoms with Crippen LogP contribution in [0.5, 0.6) is 0 Å². The number of hydrogen-bond donors (Lipinski definition) is 0. The van der Waals surface area contributed by atoms with Crippen LogP contribution in [0, 0.1) is 20.8 Å². The van der Waals surface area contributed by atoms with Gasteiger partial charge in [-0.25, -0.2) is 4.98 Å². The normalized spacial score (nSPS) is 11.5. The van der Waals surface area contributed by atoms with E-state index in [1.54, 1.807) is 0 Å². The summed E-state index contributed by atoms with van der Waals surface area (Å²) in [6.45, 7) is 6.29. The molecule has 0 radical (unpaired) electrons. The first-order valence-corrected chi connectivity index (χ1v) is 8.65. The van der Waals surface area contributed by atoms with Crippen LogP contribution in [-0.2, 0) is 0 Å². The molecule has 4 heteroatoms. The highest BCUT2D eigenvalue weighted by Crippen LogP contribution is 2.33. The van der Waals surface area contributed by atoms with Gasteiger partial charge in [0.15, 0.2) is 5.82 Å². The van der Waals surface area contributed by atoms with E-state index in [1.807, 2.05) is 40.9 Å².